The summed E-state index contributed by atoms with van der Waals surface area (Å²) in [4.78, 5) is 24.3. The highest BCUT2D eigenvalue weighted by Gasteiger charge is 2.16. The van der Waals surface area contributed by atoms with Gasteiger partial charge in [-0.1, -0.05) is 48.5 Å². The second-order valence-electron chi connectivity index (χ2n) is 6.80. The van der Waals surface area contributed by atoms with Crippen LogP contribution in [0.15, 0.2) is 54.6 Å². The molecule has 0 aliphatic rings. The molecule has 0 aromatic heterocycles. The molecule has 2 aromatic carbocycles. The fourth-order valence-electron chi connectivity index (χ4n) is 2.43. The zero-order chi connectivity index (χ0) is 17.6. The van der Waals surface area contributed by atoms with Crippen molar-refractivity contribution in [1.82, 2.24) is 10.6 Å². The lowest BCUT2D eigenvalue weighted by Crippen LogP contribution is -2.45. The highest BCUT2D eigenvalue weighted by molar-refractivity contribution is 5.97. The van der Waals surface area contributed by atoms with E-state index in [9.17, 15) is 9.59 Å². The Morgan fingerprint density at radius 2 is 1.54 bits per heavy atom. The third kappa shape index (κ3) is 5.54. The van der Waals surface area contributed by atoms with Crippen LogP contribution in [0.25, 0.3) is 0 Å². The number of amides is 2. The largest absolute Gasteiger partial charge is 0.350 e. The van der Waals surface area contributed by atoms with E-state index in [1.807, 2.05) is 69.3 Å². The molecule has 0 spiro atoms. The molecule has 2 amide bonds. The summed E-state index contributed by atoms with van der Waals surface area (Å²) in [6.45, 7) is 5.68. The zero-order valence-corrected chi connectivity index (χ0v) is 14.4. The topological polar surface area (TPSA) is 58.2 Å². The van der Waals surface area contributed by atoms with Gasteiger partial charge in [-0.25, -0.2) is 0 Å². The highest BCUT2D eigenvalue weighted by atomic mass is 16.2. The van der Waals surface area contributed by atoms with E-state index in [1.54, 1.807) is 6.07 Å². The molecular formula is C20H24N2O2. The molecule has 0 saturated heterocycles. The molecule has 0 bridgehead atoms. The average Bonchev–Trinajstić information content (AvgIpc) is 2.52. The second-order valence-corrected chi connectivity index (χ2v) is 6.80. The third-order valence-corrected chi connectivity index (χ3v) is 3.42. The van der Waals surface area contributed by atoms with Crippen LogP contribution in [0.3, 0.4) is 0 Å². The fourth-order valence-corrected chi connectivity index (χ4v) is 2.43. The van der Waals surface area contributed by atoms with Gasteiger partial charge < -0.3 is 10.6 Å². The van der Waals surface area contributed by atoms with E-state index in [0.29, 0.717) is 12.0 Å². The Bertz CT molecular complexity index is 703. The molecule has 0 radical (unpaired) electrons. The number of nitrogens with one attached hydrogen (secondary N) is 2. The highest BCUT2D eigenvalue weighted by Crippen LogP contribution is 2.14. The van der Waals surface area contributed by atoms with Gasteiger partial charge in [0.05, 0.1) is 6.54 Å². The van der Waals surface area contributed by atoms with Crippen molar-refractivity contribution in [2.75, 3.05) is 6.54 Å². The standard InChI is InChI=1S/C20H24N2O2/c1-20(2,3)22-18(23)14-21-19(24)17-12-8-7-11-16(17)13-15-9-5-4-6-10-15/h4-12H,13-14H2,1-3H3,(H,21,24)(H,22,23). The van der Waals surface area contributed by atoms with Crippen LogP contribution < -0.4 is 10.6 Å². The van der Waals surface area contributed by atoms with Crippen LogP contribution >= 0.6 is 0 Å². The Balaban J connectivity index is 2.03. The van der Waals surface area contributed by atoms with Gasteiger partial charge in [-0.3, -0.25) is 9.59 Å². The van der Waals surface area contributed by atoms with Crippen molar-refractivity contribution in [1.29, 1.82) is 0 Å². The van der Waals surface area contributed by atoms with E-state index < -0.39 is 0 Å². The molecule has 24 heavy (non-hydrogen) atoms. The van der Waals surface area contributed by atoms with E-state index in [-0.39, 0.29) is 23.9 Å². The van der Waals surface area contributed by atoms with E-state index in [4.69, 9.17) is 0 Å². The molecule has 4 heteroatoms. The predicted octanol–water partition coefficient (Wildman–Crippen LogP) is 2.92. The third-order valence-electron chi connectivity index (χ3n) is 3.42. The Morgan fingerprint density at radius 1 is 0.917 bits per heavy atom. The first-order chi connectivity index (χ1) is 11.3. The Morgan fingerprint density at radius 3 is 2.21 bits per heavy atom. The fraction of sp³-hybridized carbons (Fsp3) is 0.300. The monoisotopic (exact) mass is 324 g/mol. The van der Waals surface area contributed by atoms with Crippen LogP contribution in [0.1, 0.15) is 42.3 Å². The van der Waals surface area contributed by atoms with Gasteiger partial charge in [0.25, 0.3) is 5.91 Å². The number of hydrogen-bond acceptors (Lipinski definition) is 2. The SMILES string of the molecule is CC(C)(C)NC(=O)CNC(=O)c1ccccc1Cc1ccccc1. The molecule has 0 unspecified atom stereocenters. The smallest absolute Gasteiger partial charge is 0.252 e. The maximum atomic E-state index is 12.4. The summed E-state index contributed by atoms with van der Waals surface area (Å²) in [6.07, 6.45) is 0.679. The zero-order valence-electron chi connectivity index (χ0n) is 14.4. The minimum atomic E-state index is -0.312. The summed E-state index contributed by atoms with van der Waals surface area (Å²) in [6, 6.07) is 17.5. The first-order valence-electron chi connectivity index (χ1n) is 8.06. The number of carbonyl (C=O) groups excluding carboxylic acids is 2. The van der Waals surface area contributed by atoms with Crippen molar-refractivity contribution in [3.8, 4) is 0 Å². The van der Waals surface area contributed by atoms with E-state index in [1.165, 1.54) is 0 Å². The van der Waals surface area contributed by atoms with E-state index in [2.05, 4.69) is 10.6 Å². The maximum Gasteiger partial charge on any atom is 0.252 e. The summed E-state index contributed by atoms with van der Waals surface area (Å²) in [5.74, 6) is -0.429. The summed E-state index contributed by atoms with van der Waals surface area (Å²) in [5.41, 5.74) is 2.37. The van der Waals surface area contributed by atoms with Crippen LogP contribution in [0.4, 0.5) is 0 Å². The van der Waals surface area contributed by atoms with Crippen LogP contribution in [0, 0.1) is 0 Å². The lowest BCUT2D eigenvalue weighted by Gasteiger charge is -2.20. The molecule has 2 rings (SSSR count). The number of rotatable bonds is 5. The molecule has 2 N–H and O–H groups in total. The minimum Gasteiger partial charge on any atom is -0.350 e. The minimum absolute atomic E-state index is 0.0320. The Kier molecular flexibility index (Phi) is 5.74. The van der Waals surface area contributed by atoms with Crippen molar-refractivity contribution >= 4 is 11.8 Å². The summed E-state index contributed by atoms with van der Waals surface area (Å²) >= 11 is 0. The van der Waals surface area contributed by atoms with Crippen molar-refractivity contribution < 1.29 is 9.59 Å². The lowest BCUT2D eigenvalue weighted by atomic mass is 9.99. The van der Waals surface area contributed by atoms with Crippen molar-refractivity contribution in [3.05, 3.63) is 71.3 Å². The predicted molar refractivity (Wildman–Crippen MR) is 95.9 cm³/mol. The quantitative estimate of drug-likeness (QED) is 0.888. The number of benzene rings is 2. The Labute approximate surface area is 143 Å². The van der Waals surface area contributed by atoms with Gasteiger partial charge in [0.2, 0.25) is 5.91 Å². The van der Waals surface area contributed by atoms with Crippen LogP contribution in [-0.4, -0.2) is 23.9 Å². The van der Waals surface area contributed by atoms with Gasteiger partial charge in [0.15, 0.2) is 0 Å². The lowest BCUT2D eigenvalue weighted by molar-refractivity contribution is -0.121. The van der Waals surface area contributed by atoms with Gasteiger partial charge in [-0.15, -0.1) is 0 Å². The first-order valence-corrected chi connectivity index (χ1v) is 8.06. The van der Waals surface area contributed by atoms with Crippen LogP contribution in [0.2, 0.25) is 0 Å². The molecule has 0 fully saturated rings. The van der Waals surface area contributed by atoms with E-state index >= 15 is 0 Å². The molecule has 0 aliphatic carbocycles. The normalized spacial score (nSPS) is 11.0. The van der Waals surface area contributed by atoms with Gasteiger partial charge in [-0.2, -0.15) is 0 Å². The van der Waals surface area contributed by atoms with Gasteiger partial charge in [-0.05, 0) is 44.4 Å². The van der Waals surface area contributed by atoms with Crippen LogP contribution in [-0.2, 0) is 11.2 Å². The first kappa shape index (κ1) is 17.7. The van der Waals surface area contributed by atoms with Crippen molar-refractivity contribution in [3.63, 3.8) is 0 Å². The molecule has 0 aliphatic heterocycles. The molecule has 2 aromatic rings. The average molecular weight is 324 g/mol. The molecule has 0 saturated carbocycles. The molecule has 0 atom stereocenters. The summed E-state index contributed by atoms with van der Waals surface area (Å²) in [7, 11) is 0. The van der Waals surface area contributed by atoms with Gasteiger partial charge in [0.1, 0.15) is 0 Å². The molecule has 4 nitrogen and oxygen atoms in total. The summed E-state index contributed by atoms with van der Waals surface area (Å²) in [5, 5.41) is 5.52. The maximum absolute atomic E-state index is 12.4. The van der Waals surface area contributed by atoms with Crippen molar-refractivity contribution in [2.45, 2.75) is 32.7 Å². The van der Waals surface area contributed by atoms with Gasteiger partial charge in [0, 0.05) is 11.1 Å². The van der Waals surface area contributed by atoms with Crippen LogP contribution in [0.5, 0.6) is 0 Å². The van der Waals surface area contributed by atoms with Gasteiger partial charge >= 0.3 is 0 Å². The second kappa shape index (κ2) is 7.77. The van der Waals surface area contributed by atoms with E-state index in [0.717, 1.165) is 11.1 Å². The van der Waals surface area contributed by atoms with Crippen molar-refractivity contribution in [2.24, 2.45) is 0 Å². The summed E-state index contributed by atoms with van der Waals surface area (Å²) < 4.78 is 0. The molecular weight excluding hydrogens is 300 g/mol. The Hall–Kier alpha value is -2.62. The molecule has 126 valence electrons. The number of carbonyl (C=O) groups is 2. The number of hydrogen-bond donors (Lipinski definition) is 2. The molecule has 0 heterocycles.